The minimum absolute atomic E-state index is 0.0500. The summed E-state index contributed by atoms with van der Waals surface area (Å²) in [5.41, 5.74) is 0. The maximum absolute atomic E-state index is 12.6. The average Bonchev–Trinajstić information content (AvgIpc) is 3.44. The Labute approximate surface area is 232 Å². The molecule has 4 radical (unpaired) electrons. The first-order chi connectivity index (χ1) is 18.1. The summed E-state index contributed by atoms with van der Waals surface area (Å²) in [7, 11) is 2.09. The van der Waals surface area contributed by atoms with Crippen LogP contribution < -0.4 is 0 Å². The molecule has 0 aromatic carbocycles. The third-order valence-corrected chi connectivity index (χ3v) is 9.35. The molecule has 5 N–H and O–H groups in total. The van der Waals surface area contributed by atoms with Crippen molar-refractivity contribution >= 4 is 49.9 Å². The monoisotopic (exact) mass is 638 g/mol. The van der Waals surface area contributed by atoms with Gasteiger partial charge >= 0.3 is 22.4 Å². The smallest absolute Gasteiger partial charge is 0.390 e. The van der Waals surface area contributed by atoms with Crippen LogP contribution in [-0.2, 0) is 62.3 Å². The quantitative estimate of drug-likeness (QED) is 0.0851. The van der Waals surface area contributed by atoms with Crippen molar-refractivity contribution in [1.29, 1.82) is 0 Å². The van der Waals surface area contributed by atoms with Crippen molar-refractivity contribution in [1.82, 2.24) is 0 Å². The summed E-state index contributed by atoms with van der Waals surface area (Å²) in [6, 6.07) is -1.81. The highest BCUT2D eigenvalue weighted by Crippen LogP contribution is 2.51. The zero-order valence-corrected chi connectivity index (χ0v) is 24.3. The Morgan fingerprint density at radius 3 is 1.82 bits per heavy atom. The van der Waals surface area contributed by atoms with Crippen LogP contribution in [0.5, 0.6) is 0 Å². The third-order valence-electron chi connectivity index (χ3n) is 5.83. The second kappa shape index (κ2) is 14.4. The fourth-order valence-electron chi connectivity index (χ4n) is 4.12. The van der Waals surface area contributed by atoms with E-state index >= 15 is 0 Å². The van der Waals surface area contributed by atoms with Crippen molar-refractivity contribution in [3.8, 4) is 0 Å². The number of rotatable bonds is 15. The third kappa shape index (κ3) is 11.0. The van der Waals surface area contributed by atoms with E-state index < -0.39 is 91.0 Å². The molecule has 0 amide bonds. The topological polar surface area (TPSA) is 218 Å². The Bertz CT molecular complexity index is 952. The number of aliphatic hydroxyl groups excluding tert-OH is 2. The molecule has 0 saturated carbocycles. The molecular weight excluding hydrogens is 607 g/mol. The summed E-state index contributed by atoms with van der Waals surface area (Å²) in [5.74, 6) is 0. The van der Waals surface area contributed by atoms with Gasteiger partial charge in [-0.05, 0) is 31.6 Å². The number of phosphoric ester groups is 2. The van der Waals surface area contributed by atoms with E-state index in [1.54, 1.807) is 6.92 Å². The standard InChI is InChI=1S/C17H31B2O16P3S/c1-9-2-10(21)13(31-9)5-29-38(26,39)35-12-4-17(19)33-15(12)7-28-37(24,25)34-11-3-16(18)32-14(11)6-27-36(22,23)30-8-20/h9-17,20-21H,2-8H2,1H3,(H,22,23)(H,24,25)(H,26,39). The number of aliphatic hydroxyl groups is 2. The molecule has 16 nitrogen and oxygen atoms in total. The Hall–Kier alpha value is 0.680. The van der Waals surface area contributed by atoms with E-state index in [-0.39, 0.29) is 25.6 Å². The Kier molecular flexibility index (Phi) is 12.6. The van der Waals surface area contributed by atoms with E-state index in [2.05, 4.69) is 9.05 Å². The largest absolute Gasteiger partial charge is 0.474 e. The van der Waals surface area contributed by atoms with Crippen LogP contribution in [0.3, 0.4) is 0 Å². The van der Waals surface area contributed by atoms with Gasteiger partial charge in [-0.2, -0.15) is 0 Å². The lowest BCUT2D eigenvalue weighted by molar-refractivity contribution is -0.0316. The van der Waals surface area contributed by atoms with Gasteiger partial charge in [-0.1, -0.05) is 0 Å². The number of ether oxygens (including phenoxy) is 3. The molecule has 3 fully saturated rings. The predicted octanol–water partition coefficient (Wildman–Crippen LogP) is -0.704. The highest BCUT2D eigenvalue weighted by molar-refractivity contribution is 8.07. The van der Waals surface area contributed by atoms with Crippen molar-refractivity contribution in [2.75, 3.05) is 26.6 Å². The maximum Gasteiger partial charge on any atom is 0.474 e. The number of hydrogen-bond donors (Lipinski definition) is 5. The lowest BCUT2D eigenvalue weighted by Crippen LogP contribution is -2.31. The van der Waals surface area contributed by atoms with E-state index in [1.165, 1.54) is 0 Å². The molecule has 222 valence electrons. The Balaban J connectivity index is 1.51. The molecule has 3 heterocycles. The van der Waals surface area contributed by atoms with E-state index in [0.29, 0.717) is 6.42 Å². The first kappa shape index (κ1) is 34.2. The zero-order valence-electron chi connectivity index (χ0n) is 20.8. The summed E-state index contributed by atoms with van der Waals surface area (Å²) >= 11 is 5.04. The average molecular weight is 638 g/mol. The first-order valence-electron chi connectivity index (χ1n) is 11.8. The van der Waals surface area contributed by atoms with E-state index in [0.717, 1.165) is 0 Å². The van der Waals surface area contributed by atoms with E-state index in [9.17, 15) is 28.9 Å². The van der Waals surface area contributed by atoms with Crippen molar-refractivity contribution in [2.45, 2.75) is 80.9 Å². The summed E-state index contributed by atoms with van der Waals surface area (Å²) in [6.07, 6.45) is -5.64. The van der Waals surface area contributed by atoms with Gasteiger partial charge in [-0.25, -0.2) is 9.13 Å². The van der Waals surface area contributed by atoms with Crippen LogP contribution in [0.4, 0.5) is 0 Å². The minimum atomic E-state index is -4.80. The number of phosphoric acid groups is 2. The van der Waals surface area contributed by atoms with Crippen molar-refractivity contribution in [3.05, 3.63) is 0 Å². The molecule has 0 aromatic heterocycles. The van der Waals surface area contributed by atoms with Crippen LogP contribution in [0.1, 0.15) is 26.2 Å². The van der Waals surface area contributed by atoms with Gasteiger partial charge in [-0.15, -0.1) is 0 Å². The predicted molar refractivity (Wildman–Crippen MR) is 135 cm³/mol. The Morgan fingerprint density at radius 2 is 1.31 bits per heavy atom. The van der Waals surface area contributed by atoms with Gasteiger partial charge in [0.25, 0.3) is 0 Å². The van der Waals surface area contributed by atoms with Crippen molar-refractivity contribution in [2.24, 2.45) is 0 Å². The molecule has 0 bridgehead atoms. The lowest BCUT2D eigenvalue weighted by Gasteiger charge is -2.26. The highest BCUT2D eigenvalue weighted by atomic mass is 32.5. The lowest BCUT2D eigenvalue weighted by atomic mass is 9.96. The molecule has 12 atom stereocenters. The molecule has 3 saturated heterocycles. The van der Waals surface area contributed by atoms with Gasteiger partial charge in [0.05, 0.1) is 44.2 Å². The summed E-state index contributed by atoms with van der Waals surface area (Å²) in [4.78, 5) is 30.1. The van der Waals surface area contributed by atoms with Crippen LogP contribution in [-0.4, -0.2) is 122 Å². The van der Waals surface area contributed by atoms with Crippen LogP contribution >= 0.6 is 22.4 Å². The van der Waals surface area contributed by atoms with Gasteiger partial charge in [0.2, 0.25) is 0 Å². The summed E-state index contributed by atoms with van der Waals surface area (Å²) in [6.45, 7) is -4.56. The van der Waals surface area contributed by atoms with E-state index in [1.807, 2.05) is 0 Å². The molecule has 22 heteroatoms. The fraction of sp³-hybridized carbons (Fsp3) is 1.00. The van der Waals surface area contributed by atoms with Crippen LogP contribution in [0.15, 0.2) is 0 Å². The summed E-state index contributed by atoms with van der Waals surface area (Å²) in [5, 5.41) is 18.6. The molecule has 3 aliphatic rings. The molecule has 0 aromatic rings. The molecule has 12 unspecified atom stereocenters. The molecule has 3 aliphatic heterocycles. The van der Waals surface area contributed by atoms with Crippen LogP contribution in [0, 0.1) is 0 Å². The number of hydrogen-bond acceptors (Lipinski definition) is 14. The maximum atomic E-state index is 12.6. The highest BCUT2D eigenvalue weighted by Gasteiger charge is 2.43. The normalized spacial score (nSPS) is 39.8. The second-order valence-corrected chi connectivity index (χ2v) is 14.7. The van der Waals surface area contributed by atoms with Crippen molar-refractivity contribution in [3.63, 3.8) is 0 Å². The van der Waals surface area contributed by atoms with Crippen molar-refractivity contribution < 1.29 is 75.4 Å². The summed E-state index contributed by atoms with van der Waals surface area (Å²) < 4.78 is 70.2. The van der Waals surface area contributed by atoms with Gasteiger partial charge in [0, 0.05) is 18.4 Å². The van der Waals surface area contributed by atoms with Gasteiger partial charge in [0.1, 0.15) is 34.0 Å². The molecule has 0 aliphatic carbocycles. The zero-order chi connectivity index (χ0) is 29.0. The molecular formula is C17H31B2O16P3S. The second-order valence-electron chi connectivity index (χ2n) is 9.02. The molecule has 39 heavy (non-hydrogen) atoms. The fourth-order valence-corrected chi connectivity index (χ4v) is 7.11. The van der Waals surface area contributed by atoms with Gasteiger partial charge in [0.15, 0.2) is 6.79 Å². The van der Waals surface area contributed by atoms with Crippen LogP contribution in [0.2, 0.25) is 0 Å². The molecule has 0 spiro atoms. The SMILES string of the molecule is [B]C1CC(OP(=O)(O)OCC2OC([B])CC2OP(O)(=S)OCC2OC(C)CC2O)C(COP(=O)(O)OCO)O1. The van der Waals surface area contributed by atoms with Crippen LogP contribution in [0.25, 0.3) is 0 Å². The minimum Gasteiger partial charge on any atom is -0.390 e. The van der Waals surface area contributed by atoms with Gasteiger partial charge < -0.3 is 48.2 Å². The first-order valence-corrected chi connectivity index (χ1v) is 17.4. The van der Waals surface area contributed by atoms with E-state index in [4.69, 9.17) is 64.9 Å². The van der Waals surface area contributed by atoms with Gasteiger partial charge in [-0.3, -0.25) is 18.1 Å². The molecule has 3 rings (SSSR count). The Morgan fingerprint density at radius 1 is 0.795 bits per heavy atom.